The lowest BCUT2D eigenvalue weighted by Crippen LogP contribution is -2.27. The summed E-state index contributed by atoms with van der Waals surface area (Å²) >= 11 is 1.66. The van der Waals surface area contributed by atoms with E-state index in [1.165, 1.54) is 0 Å². The van der Waals surface area contributed by atoms with E-state index >= 15 is 0 Å². The van der Waals surface area contributed by atoms with Gasteiger partial charge in [0.05, 0.1) is 6.33 Å². The summed E-state index contributed by atoms with van der Waals surface area (Å²) in [5.74, 6) is 2.21. The molecule has 0 bridgehead atoms. The molecule has 0 aliphatic carbocycles. The molecule has 1 saturated heterocycles. The number of imidazole rings is 1. The highest BCUT2D eigenvalue weighted by atomic mass is 32.2. The normalized spacial score (nSPS) is 24.2. The van der Waals surface area contributed by atoms with Crippen LogP contribution >= 0.6 is 11.9 Å². The van der Waals surface area contributed by atoms with E-state index in [1.807, 2.05) is 43.2 Å². The van der Waals surface area contributed by atoms with Crippen LogP contribution in [0.5, 0.6) is 0 Å². The zero-order chi connectivity index (χ0) is 13.4. The summed E-state index contributed by atoms with van der Waals surface area (Å²) in [4.78, 5) is 4.33. The molecule has 0 aromatic carbocycles. The Morgan fingerprint density at radius 3 is 2.89 bits per heavy atom. The molecule has 3 rings (SSSR count). The molecule has 0 radical (unpaired) electrons. The maximum Gasteiger partial charge on any atom is 0.129 e. The fourth-order valence-corrected chi connectivity index (χ4v) is 3.44. The number of aryl methyl sites for hydroxylation is 2. The van der Waals surface area contributed by atoms with E-state index in [1.54, 1.807) is 11.9 Å². The first kappa shape index (κ1) is 12.8. The lowest BCUT2D eigenvalue weighted by Gasteiger charge is -2.11. The fourth-order valence-electron chi connectivity index (χ4n) is 2.39. The van der Waals surface area contributed by atoms with Crippen LogP contribution in [-0.2, 0) is 7.05 Å². The van der Waals surface area contributed by atoms with Gasteiger partial charge in [-0.3, -0.25) is 0 Å². The van der Waals surface area contributed by atoms with E-state index in [9.17, 15) is 0 Å². The molecular formula is C13H18N4OS. The van der Waals surface area contributed by atoms with Crippen LogP contribution < -0.4 is 5.73 Å². The number of hydrogen-bond acceptors (Lipinski definition) is 5. The number of furan rings is 1. The molecule has 2 aromatic rings. The largest absolute Gasteiger partial charge is 0.466 e. The highest BCUT2D eigenvalue weighted by Gasteiger charge is 2.34. The summed E-state index contributed by atoms with van der Waals surface area (Å²) < 4.78 is 9.91. The van der Waals surface area contributed by atoms with Crippen LogP contribution in [0.25, 0.3) is 0 Å². The Bertz CT molecular complexity index is 564. The third kappa shape index (κ3) is 2.70. The number of aromatic nitrogens is 2. The van der Waals surface area contributed by atoms with E-state index in [0.29, 0.717) is 0 Å². The average molecular weight is 278 g/mol. The summed E-state index contributed by atoms with van der Waals surface area (Å²) in [6.07, 6.45) is 3.83. The number of rotatable bonds is 3. The predicted octanol–water partition coefficient (Wildman–Crippen LogP) is 1.76. The van der Waals surface area contributed by atoms with Crippen LogP contribution in [-0.4, -0.2) is 33.0 Å². The summed E-state index contributed by atoms with van der Waals surface area (Å²) in [5, 5.41) is 1.01. The molecule has 1 aliphatic rings. The predicted molar refractivity (Wildman–Crippen MR) is 74.8 cm³/mol. The molecule has 1 unspecified atom stereocenters. The highest BCUT2D eigenvalue weighted by molar-refractivity contribution is 7.97. The van der Waals surface area contributed by atoms with E-state index in [2.05, 4.69) is 9.29 Å². The molecule has 0 spiro atoms. The van der Waals surface area contributed by atoms with Crippen LogP contribution in [0.2, 0.25) is 0 Å². The van der Waals surface area contributed by atoms with Gasteiger partial charge in [0.1, 0.15) is 16.5 Å². The van der Waals surface area contributed by atoms with Gasteiger partial charge in [-0.15, -0.1) is 0 Å². The first-order chi connectivity index (χ1) is 9.11. The third-order valence-electron chi connectivity index (χ3n) is 3.36. The standard InChI is InChI=1S/C13H18N4OS/c1-9-3-4-12(18-9)10-5-17(6-11(10)14)19-13-7-16(2)8-15-13/h3-4,7-8,10-11H,5-6,14H2,1-2H3/t10-,11?/m0/s1. The minimum absolute atomic E-state index is 0.113. The highest BCUT2D eigenvalue weighted by Crippen LogP contribution is 2.33. The van der Waals surface area contributed by atoms with Gasteiger partial charge in [0.25, 0.3) is 0 Å². The van der Waals surface area contributed by atoms with Gasteiger partial charge in [0.15, 0.2) is 0 Å². The fraction of sp³-hybridized carbons (Fsp3) is 0.462. The van der Waals surface area contributed by atoms with Crippen LogP contribution in [0, 0.1) is 6.92 Å². The van der Waals surface area contributed by atoms with E-state index in [-0.39, 0.29) is 12.0 Å². The maximum atomic E-state index is 6.23. The van der Waals surface area contributed by atoms with Gasteiger partial charge in [0.2, 0.25) is 0 Å². The molecular weight excluding hydrogens is 260 g/mol. The second kappa shape index (κ2) is 5.03. The molecule has 19 heavy (non-hydrogen) atoms. The summed E-state index contributed by atoms with van der Waals surface area (Å²) in [7, 11) is 1.97. The van der Waals surface area contributed by atoms with Crippen molar-refractivity contribution < 1.29 is 4.42 Å². The van der Waals surface area contributed by atoms with E-state index in [4.69, 9.17) is 10.2 Å². The first-order valence-electron chi connectivity index (χ1n) is 6.34. The van der Waals surface area contributed by atoms with Crippen molar-refractivity contribution in [1.29, 1.82) is 0 Å². The van der Waals surface area contributed by atoms with Gasteiger partial charge in [0, 0.05) is 38.3 Å². The summed E-state index contributed by atoms with van der Waals surface area (Å²) in [5.41, 5.74) is 6.23. The summed E-state index contributed by atoms with van der Waals surface area (Å²) in [6.45, 7) is 3.71. The number of nitrogens with zero attached hydrogens (tertiary/aromatic N) is 3. The van der Waals surface area contributed by atoms with Gasteiger partial charge in [-0.05, 0) is 31.0 Å². The van der Waals surface area contributed by atoms with Gasteiger partial charge in [-0.1, -0.05) is 0 Å². The Labute approximate surface area is 116 Å². The van der Waals surface area contributed by atoms with Crippen LogP contribution in [0.1, 0.15) is 17.4 Å². The van der Waals surface area contributed by atoms with Crippen LogP contribution in [0.15, 0.2) is 34.1 Å². The molecule has 2 aromatic heterocycles. The van der Waals surface area contributed by atoms with Gasteiger partial charge in [-0.2, -0.15) is 0 Å². The molecule has 2 atom stereocenters. The molecule has 5 nitrogen and oxygen atoms in total. The quantitative estimate of drug-likeness (QED) is 0.867. The zero-order valence-electron chi connectivity index (χ0n) is 11.1. The molecule has 2 N–H and O–H groups in total. The Hall–Kier alpha value is -1.24. The lowest BCUT2D eigenvalue weighted by atomic mass is 10.0. The number of nitrogens with two attached hydrogens (primary N) is 1. The minimum atomic E-state index is 0.113. The first-order valence-corrected chi connectivity index (χ1v) is 7.12. The second-order valence-corrected chi connectivity index (χ2v) is 6.15. The summed E-state index contributed by atoms with van der Waals surface area (Å²) in [6, 6.07) is 4.15. The van der Waals surface area contributed by atoms with E-state index < -0.39 is 0 Å². The average Bonchev–Trinajstić information content (AvgIpc) is 3.02. The number of hydrogen-bond donors (Lipinski definition) is 1. The van der Waals surface area contributed by atoms with Crippen molar-refractivity contribution in [3.8, 4) is 0 Å². The molecule has 3 heterocycles. The van der Waals surface area contributed by atoms with Gasteiger partial charge in [-0.25, -0.2) is 9.29 Å². The van der Waals surface area contributed by atoms with Crippen molar-refractivity contribution in [2.45, 2.75) is 23.9 Å². The second-order valence-electron chi connectivity index (χ2n) is 5.03. The molecule has 6 heteroatoms. The smallest absolute Gasteiger partial charge is 0.129 e. The zero-order valence-corrected chi connectivity index (χ0v) is 11.9. The Balaban J connectivity index is 1.68. The van der Waals surface area contributed by atoms with Crippen molar-refractivity contribution in [3.63, 3.8) is 0 Å². The van der Waals surface area contributed by atoms with Gasteiger partial charge < -0.3 is 14.7 Å². The van der Waals surface area contributed by atoms with E-state index in [0.717, 1.165) is 29.6 Å². The van der Waals surface area contributed by atoms with Crippen LogP contribution in [0.4, 0.5) is 0 Å². The van der Waals surface area contributed by atoms with Crippen molar-refractivity contribution >= 4 is 11.9 Å². The Morgan fingerprint density at radius 1 is 1.42 bits per heavy atom. The third-order valence-corrected chi connectivity index (χ3v) is 4.32. The molecule has 0 amide bonds. The van der Waals surface area contributed by atoms with Crippen molar-refractivity contribution in [2.75, 3.05) is 13.1 Å². The SMILES string of the molecule is Cc1ccc([C@H]2CN(Sc3cn(C)cn3)CC2N)o1. The molecule has 1 aliphatic heterocycles. The maximum absolute atomic E-state index is 6.23. The molecule has 102 valence electrons. The van der Waals surface area contributed by atoms with Gasteiger partial charge >= 0.3 is 0 Å². The monoisotopic (exact) mass is 278 g/mol. The van der Waals surface area contributed by atoms with Crippen molar-refractivity contribution in [1.82, 2.24) is 13.9 Å². The van der Waals surface area contributed by atoms with Crippen LogP contribution in [0.3, 0.4) is 0 Å². The minimum Gasteiger partial charge on any atom is -0.466 e. The lowest BCUT2D eigenvalue weighted by molar-refractivity contribution is 0.434. The molecule has 1 fully saturated rings. The Morgan fingerprint density at radius 2 is 2.26 bits per heavy atom. The van der Waals surface area contributed by atoms with Crippen molar-refractivity contribution in [2.24, 2.45) is 12.8 Å². The van der Waals surface area contributed by atoms with Crippen molar-refractivity contribution in [3.05, 3.63) is 36.2 Å². The molecule has 0 saturated carbocycles. The topological polar surface area (TPSA) is 60.2 Å². The Kier molecular flexibility index (Phi) is 3.38.